The van der Waals surface area contributed by atoms with Crippen molar-refractivity contribution in [2.24, 2.45) is 0 Å². The molecule has 114 valence electrons. The van der Waals surface area contributed by atoms with Crippen LogP contribution in [0.1, 0.15) is 64.2 Å². The number of hydrogen-bond acceptors (Lipinski definition) is 2. The van der Waals surface area contributed by atoms with Crippen molar-refractivity contribution in [1.29, 1.82) is 0 Å². The molecule has 4 heteroatoms. The van der Waals surface area contributed by atoms with Crippen LogP contribution in [0.15, 0.2) is 0 Å². The van der Waals surface area contributed by atoms with Gasteiger partial charge in [0.05, 0.1) is 0 Å². The summed E-state index contributed by atoms with van der Waals surface area (Å²) >= 11 is 5.54. The molecule has 20 heavy (non-hydrogen) atoms. The van der Waals surface area contributed by atoms with E-state index in [4.69, 9.17) is 12.2 Å². The molecule has 2 N–H and O–H groups in total. The average Bonchev–Trinajstić information content (AvgIpc) is 2.41. The highest BCUT2D eigenvalue weighted by Crippen LogP contribution is 2.32. The highest BCUT2D eigenvalue weighted by molar-refractivity contribution is 7.80. The van der Waals surface area contributed by atoms with Gasteiger partial charge in [0.15, 0.2) is 5.11 Å². The quantitative estimate of drug-likeness (QED) is 0.766. The zero-order valence-corrected chi connectivity index (χ0v) is 13.6. The fourth-order valence-corrected chi connectivity index (χ4v) is 4.73. The molecule has 1 saturated carbocycles. The zero-order chi connectivity index (χ0) is 13.9. The Hall–Kier alpha value is -0.350. The van der Waals surface area contributed by atoms with Crippen molar-refractivity contribution < 1.29 is 0 Å². The van der Waals surface area contributed by atoms with Gasteiger partial charge in [0.1, 0.15) is 0 Å². The lowest BCUT2D eigenvalue weighted by molar-refractivity contribution is 0.0527. The summed E-state index contributed by atoms with van der Waals surface area (Å²) in [6, 6.07) is 2.76. The van der Waals surface area contributed by atoms with Crippen molar-refractivity contribution in [2.45, 2.75) is 88.4 Å². The van der Waals surface area contributed by atoms with Gasteiger partial charge in [-0.2, -0.15) is 0 Å². The van der Waals surface area contributed by atoms with E-state index < -0.39 is 0 Å². The van der Waals surface area contributed by atoms with E-state index >= 15 is 0 Å². The van der Waals surface area contributed by atoms with E-state index in [-0.39, 0.29) is 0 Å². The van der Waals surface area contributed by atoms with Crippen molar-refractivity contribution in [3.63, 3.8) is 0 Å². The molecule has 3 rings (SSSR count). The second kappa shape index (κ2) is 6.61. The Labute approximate surface area is 128 Å². The summed E-state index contributed by atoms with van der Waals surface area (Å²) in [6.07, 6.45) is 13.4. The predicted octanol–water partition coefficient (Wildman–Crippen LogP) is 2.80. The third kappa shape index (κ3) is 3.45. The molecule has 3 aliphatic rings. The van der Waals surface area contributed by atoms with E-state index in [2.05, 4.69) is 22.6 Å². The third-order valence-electron chi connectivity index (χ3n) is 5.62. The summed E-state index contributed by atoms with van der Waals surface area (Å²) in [7, 11) is 2.31. The lowest BCUT2D eigenvalue weighted by Gasteiger charge is -2.47. The first-order chi connectivity index (χ1) is 9.72. The molecule has 0 amide bonds. The van der Waals surface area contributed by atoms with Gasteiger partial charge in [-0.1, -0.05) is 25.7 Å². The molecule has 2 aliphatic heterocycles. The van der Waals surface area contributed by atoms with E-state index in [9.17, 15) is 0 Å². The van der Waals surface area contributed by atoms with Crippen LogP contribution in [0.25, 0.3) is 0 Å². The van der Waals surface area contributed by atoms with Crippen LogP contribution in [0.5, 0.6) is 0 Å². The van der Waals surface area contributed by atoms with Crippen LogP contribution in [0.2, 0.25) is 0 Å². The Kier molecular flexibility index (Phi) is 4.82. The predicted molar refractivity (Wildman–Crippen MR) is 88.0 cm³/mol. The van der Waals surface area contributed by atoms with Crippen LogP contribution in [-0.2, 0) is 0 Å². The van der Waals surface area contributed by atoms with E-state index in [0.717, 1.165) is 17.2 Å². The first-order valence-electron chi connectivity index (χ1n) is 8.51. The van der Waals surface area contributed by atoms with Crippen molar-refractivity contribution in [3.8, 4) is 0 Å². The summed E-state index contributed by atoms with van der Waals surface area (Å²) in [5, 5.41) is 8.07. The largest absolute Gasteiger partial charge is 0.360 e. The summed E-state index contributed by atoms with van der Waals surface area (Å²) in [5.41, 5.74) is 0. The van der Waals surface area contributed by atoms with Crippen LogP contribution >= 0.6 is 12.2 Å². The average molecular weight is 295 g/mol. The molecule has 2 bridgehead atoms. The molecule has 3 fully saturated rings. The summed E-state index contributed by atoms with van der Waals surface area (Å²) in [4.78, 5) is 2.61. The van der Waals surface area contributed by atoms with Gasteiger partial charge in [-0.25, -0.2) is 0 Å². The first kappa shape index (κ1) is 14.6. The Morgan fingerprint density at radius 2 is 1.45 bits per heavy atom. The second-order valence-electron chi connectivity index (χ2n) is 7.03. The molecule has 2 heterocycles. The molecule has 0 radical (unpaired) electrons. The molecule has 0 spiro atoms. The fourth-order valence-electron chi connectivity index (χ4n) is 4.39. The molecule has 2 atom stereocenters. The SMILES string of the molecule is CN1C2CCCC1CC(NC(=S)NC1CCCCC1)C2. The van der Waals surface area contributed by atoms with Crippen LogP contribution in [0.3, 0.4) is 0 Å². The summed E-state index contributed by atoms with van der Waals surface area (Å²) in [6.45, 7) is 0. The number of thiocarbonyl (C=S) groups is 1. The van der Waals surface area contributed by atoms with E-state index in [1.54, 1.807) is 0 Å². The summed E-state index contributed by atoms with van der Waals surface area (Å²) in [5.74, 6) is 0. The Balaban J connectivity index is 1.46. The monoisotopic (exact) mass is 295 g/mol. The van der Waals surface area contributed by atoms with Crippen LogP contribution in [0, 0.1) is 0 Å². The third-order valence-corrected chi connectivity index (χ3v) is 5.85. The standard InChI is InChI=1S/C16H29N3S/c1-19-14-8-5-9-15(19)11-13(10-14)18-16(20)17-12-6-3-2-4-7-12/h12-15H,2-11H2,1H3,(H2,17,18,20). The van der Waals surface area contributed by atoms with Crippen molar-refractivity contribution in [1.82, 2.24) is 15.5 Å². The van der Waals surface area contributed by atoms with Gasteiger partial charge in [0.2, 0.25) is 0 Å². The topological polar surface area (TPSA) is 27.3 Å². The maximum atomic E-state index is 5.54. The number of rotatable bonds is 2. The van der Waals surface area contributed by atoms with Gasteiger partial charge < -0.3 is 15.5 Å². The number of piperidine rings is 2. The van der Waals surface area contributed by atoms with Gasteiger partial charge in [0, 0.05) is 24.2 Å². The minimum Gasteiger partial charge on any atom is -0.360 e. The van der Waals surface area contributed by atoms with E-state index in [0.29, 0.717) is 12.1 Å². The highest BCUT2D eigenvalue weighted by atomic mass is 32.1. The van der Waals surface area contributed by atoms with Crippen molar-refractivity contribution in [2.75, 3.05) is 7.05 Å². The smallest absolute Gasteiger partial charge is 0.166 e. The molecule has 3 nitrogen and oxygen atoms in total. The lowest BCUT2D eigenvalue weighted by Crippen LogP contribution is -2.57. The van der Waals surface area contributed by atoms with Gasteiger partial charge in [0.25, 0.3) is 0 Å². The molecule has 2 saturated heterocycles. The van der Waals surface area contributed by atoms with Crippen LogP contribution in [0.4, 0.5) is 0 Å². The van der Waals surface area contributed by atoms with E-state index in [1.807, 2.05) is 0 Å². The molecule has 2 unspecified atom stereocenters. The number of fused-ring (bicyclic) bond motifs is 2. The number of nitrogens with zero attached hydrogens (tertiary/aromatic N) is 1. The minimum absolute atomic E-state index is 0.588. The zero-order valence-electron chi connectivity index (χ0n) is 12.7. The van der Waals surface area contributed by atoms with Crippen molar-refractivity contribution >= 4 is 17.3 Å². The minimum atomic E-state index is 0.588. The van der Waals surface area contributed by atoms with Gasteiger partial charge in [-0.3, -0.25) is 0 Å². The van der Waals surface area contributed by atoms with Gasteiger partial charge in [-0.05, 0) is 57.8 Å². The van der Waals surface area contributed by atoms with Gasteiger partial charge >= 0.3 is 0 Å². The maximum Gasteiger partial charge on any atom is 0.166 e. The molecular formula is C16H29N3S. The molecule has 0 aromatic rings. The van der Waals surface area contributed by atoms with Crippen LogP contribution in [-0.4, -0.2) is 41.2 Å². The highest BCUT2D eigenvalue weighted by Gasteiger charge is 2.36. The van der Waals surface area contributed by atoms with Crippen molar-refractivity contribution in [3.05, 3.63) is 0 Å². The molecule has 0 aromatic heterocycles. The first-order valence-corrected chi connectivity index (χ1v) is 8.92. The Morgan fingerprint density at radius 1 is 0.850 bits per heavy atom. The normalized spacial score (nSPS) is 35.5. The second-order valence-corrected chi connectivity index (χ2v) is 7.43. The maximum absolute atomic E-state index is 5.54. The van der Waals surface area contributed by atoms with E-state index in [1.165, 1.54) is 64.2 Å². The fraction of sp³-hybridized carbons (Fsp3) is 0.938. The molecule has 1 aliphatic carbocycles. The number of hydrogen-bond donors (Lipinski definition) is 2. The Morgan fingerprint density at radius 3 is 2.10 bits per heavy atom. The number of nitrogens with one attached hydrogen (secondary N) is 2. The van der Waals surface area contributed by atoms with Gasteiger partial charge in [-0.15, -0.1) is 0 Å². The Bertz CT molecular complexity index is 327. The lowest BCUT2D eigenvalue weighted by atomic mass is 9.82. The summed E-state index contributed by atoms with van der Waals surface area (Å²) < 4.78 is 0. The van der Waals surface area contributed by atoms with Crippen LogP contribution < -0.4 is 10.6 Å². The molecular weight excluding hydrogens is 266 g/mol. The molecule has 0 aromatic carbocycles.